The molecule has 0 radical (unpaired) electrons. The number of anilines is 1. The Labute approximate surface area is 196 Å². The number of ether oxygens (including phenoxy) is 1. The molecule has 7 nitrogen and oxygen atoms in total. The first-order chi connectivity index (χ1) is 16.0. The number of piperidine rings is 1. The van der Waals surface area contributed by atoms with E-state index in [0.717, 1.165) is 6.07 Å². The molecular formula is C24H29F3N4O3. The summed E-state index contributed by atoms with van der Waals surface area (Å²) in [4.78, 5) is 15.9. The molecule has 2 aliphatic rings. The van der Waals surface area contributed by atoms with Crippen molar-refractivity contribution in [3.63, 3.8) is 0 Å². The highest BCUT2D eigenvalue weighted by Crippen LogP contribution is 2.41. The SMILES string of the molecule is CN(c1ccc(-c2ccc(C(F)F)cc2O)nn1)[C@@H]1C[C@H]2CC[C@H]([C@@H]1F)N2C(=O)OC(C)(C)C. The normalized spacial score (nSPS) is 24.4. The summed E-state index contributed by atoms with van der Waals surface area (Å²) in [5.41, 5.74) is -0.348. The molecule has 1 aromatic heterocycles. The van der Waals surface area contributed by atoms with E-state index in [1.807, 2.05) is 0 Å². The molecule has 0 unspecified atom stereocenters. The molecule has 2 aromatic rings. The highest BCUT2D eigenvalue weighted by molar-refractivity contribution is 5.70. The number of alkyl halides is 3. The number of aromatic hydroxyl groups is 1. The van der Waals surface area contributed by atoms with Crippen LogP contribution in [0.4, 0.5) is 23.8 Å². The number of benzene rings is 1. The van der Waals surface area contributed by atoms with Crippen LogP contribution in [0.5, 0.6) is 5.75 Å². The largest absolute Gasteiger partial charge is 0.507 e. The fourth-order valence-corrected chi connectivity index (χ4v) is 4.82. The first kappa shape index (κ1) is 24.1. The Morgan fingerprint density at radius 1 is 1.21 bits per heavy atom. The molecule has 0 saturated carbocycles. The highest BCUT2D eigenvalue weighted by Gasteiger charge is 2.52. The van der Waals surface area contributed by atoms with Gasteiger partial charge in [0, 0.05) is 24.2 Å². The quantitative estimate of drug-likeness (QED) is 0.659. The fourth-order valence-electron chi connectivity index (χ4n) is 4.82. The first-order valence-electron chi connectivity index (χ1n) is 11.3. The molecule has 3 heterocycles. The number of phenols is 1. The molecule has 2 fully saturated rings. The molecule has 2 bridgehead atoms. The van der Waals surface area contributed by atoms with Gasteiger partial charge in [0.15, 0.2) is 5.82 Å². The monoisotopic (exact) mass is 478 g/mol. The summed E-state index contributed by atoms with van der Waals surface area (Å²) in [6.07, 6.45) is -2.73. The maximum atomic E-state index is 15.6. The topological polar surface area (TPSA) is 78.8 Å². The highest BCUT2D eigenvalue weighted by atomic mass is 19.3. The Bertz CT molecular complexity index is 1040. The van der Waals surface area contributed by atoms with Crippen LogP contribution >= 0.6 is 0 Å². The average molecular weight is 479 g/mol. The van der Waals surface area contributed by atoms with Crippen LogP contribution in [0.3, 0.4) is 0 Å². The Morgan fingerprint density at radius 3 is 2.53 bits per heavy atom. The van der Waals surface area contributed by atoms with Gasteiger partial charge in [-0.3, -0.25) is 4.90 Å². The maximum Gasteiger partial charge on any atom is 0.410 e. The van der Waals surface area contributed by atoms with E-state index in [1.54, 1.807) is 49.8 Å². The number of fused-ring (bicyclic) bond motifs is 2. The molecule has 10 heteroatoms. The van der Waals surface area contributed by atoms with Gasteiger partial charge >= 0.3 is 6.09 Å². The Morgan fingerprint density at radius 2 is 1.94 bits per heavy atom. The minimum Gasteiger partial charge on any atom is -0.507 e. The van der Waals surface area contributed by atoms with Gasteiger partial charge < -0.3 is 14.7 Å². The number of rotatable bonds is 4. The lowest BCUT2D eigenvalue weighted by Gasteiger charge is -2.44. The van der Waals surface area contributed by atoms with Crippen LogP contribution < -0.4 is 4.90 Å². The molecule has 1 N–H and O–H groups in total. The predicted octanol–water partition coefficient (Wildman–Crippen LogP) is 5.10. The smallest absolute Gasteiger partial charge is 0.410 e. The molecule has 0 spiro atoms. The number of aromatic nitrogens is 2. The van der Waals surface area contributed by atoms with Crippen molar-refractivity contribution < 1.29 is 27.8 Å². The maximum absolute atomic E-state index is 15.6. The number of halogens is 3. The zero-order valence-corrected chi connectivity index (χ0v) is 19.6. The summed E-state index contributed by atoms with van der Waals surface area (Å²) >= 11 is 0. The third-order valence-corrected chi connectivity index (χ3v) is 6.46. The van der Waals surface area contributed by atoms with Gasteiger partial charge in [0.2, 0.25) is 0 Å². The number of nitrogens with zero attached hydrogens (tertiary/aromatic N) is 4. The second-order valence-electron chi connectivity index (χ2n) is 9.90. The van der Waals surface area contributed by atoms with Gasteiger partial charge in [-0.2, -0.15) is 0 Å². The summed E-state index contributed by atoms with van der Waals surface area (Å²) in [6.45, 7) is 5.36. The lowest BCUT2D eigenvalue weighted by atomic mass is 9.94. The summed E-state index contributed by atoms with van der Waals surface area (Å²) < 4.78 is 46.7. The van der Waals surface area contributed by atoms with Gasteiger partial charge in [0.25, 0.3) is 6.43 Å². The first-order valence-corrected chi connectivity index (χ1v) is 11.3. The minimum atomic E-state index is -2.69. The van der Waals surface area contributed by atoms with Crippen molar-refractivity contribution in [3.05, 3.63) is 35.9 Å². The summed E-state index contributed by atoms with van der Waals surface area (Å²) in [5, 5.41) is 18.4. The van der Waals surface area contributed by atoms with Crippen molar-refractivity contribution in [1.82, 2.24) is 15.1 Å². The molecule has 184 valence electrons. The van der Waals surface area contributed by atoms with Crippen LogP contribution in [-0.4, -0.2) is 63.2 Å². The van der Waals surface area contributed by atoms with E-state index in [4.69, 9.17) is 4.74 Å². The zero-order valence-electron chi connectivity index (χ0n) is 19.6. The van der Waals surface area contributed by atoms with Gasteiger partial charge in [-0.25, -0.2) is 18.0 Å². The van der Waals surface area contributed by atoms with E-state index in [1.165, 1.54) is 12.1 Å². The molecule has 0 aliphatic carbocycles. The van der Waals surface area contributed by atoms with Crippen molar-refractivity contribution in [1.29, 1.82) is 0 Å². The molecule has 1 aromatic carbocycles. The minimum absolute atomic E-state index is 0.114. The van der Waals surface area contributed by atoms with Gasteiger partial charge in [0.05, 0.1) is 17.8 Å². The van der Waals surface area contributed by atoms with Gasteiger partial charge in [0.1, 0.15) is 17.5 Å². The lowest BCUT2D eigenvalue weighted by molar-refractivity contribution is -0.0104. The van der Waals surface area contributed by atoms with Gasteiger partial charge in [-0.05, 0) is 64.3 Å². The lowest BCUT2D eigenvalue weighted by Crippen LogP contribution is -2.59. The molecule has 2 saturated heterocycles. The van der Waals surface area contributed by atoms with Crippen LogP contribution in [0.1, 0.15) is 52.0 Å². The molecule has 4 atom stereocenters. The van der Waals surface area contributed by atoms with Crippen molar-refractivity contribution in [3.8, 4) is 17.0 Å². The third-order valence-electron chi connectivity index (χ3n) is 6.46. The predicted molar refractivity (Wildman–Crippen MR) is 121 cm³/mol. The number of carbonyl (C=O) groups excluding carboxylic acids is 1. The summed E-state index contributed by atoms with van der Waals surface area (Å²) in [7, 11) is 1.73. The number of hydrogen-bond acceptors (Lipinski definition) is 6. The van der Waals surface area contributed by atoms with Gasteiger partial charge in [-0.1, -0.05) is 6.07 Å². The van der Waals surface area contributed by atoms with E-state index in [2.05, 4.69) is 10.2 Å². The Kier molecular flexibility index (Phi) is 6.35. The second-order valence-corrected chi connectivity index (χ2v) is 9.90. The molecule has 2 aliphatic heterocycles. The fraction of sp³-hybridized carbons (Fsp3) is 0.542. The van der Waals surface area contributed by atoms with Crippen LogP contribution in [0.15, 0.2) is 30.3 Å². The van der Waals surface area contributed by atoms with Crippen molar-refractivity contribution in [2.75, 3.05) is 11.9 Å². The number of amides is 1. The van der Waals surface area contributed by atoms with Crippen molar-refractivity contribution >= 4 is 11.9 Å². The van der Waals surface area contributed by atoms with E-state index in [9.17, 15) is 18.7 Å². The van der Waals surface area contributed by atoms with E-state index >= 15 is 4.39 Å². The molecule has 4 rings (SSSR count). The zero-order chi connectivity index (χ0) is 24.8. The van der Waals surface area contributed by atoms with Crippen molar-refractivity contribution in [2.24, 2.45) is 0 Å². The Hall–Kier alpha value is -3.04. The van der Waals surface area contributed by atoms with E-state index < -0.39 is 36.4 Å². The third kappa shape index (κ3) is 4.63. The average Bonchev–Trinajstić information content (AvgIpc) is 3.12. The summed E-state index contributed by atoms with van der Waals surface area (Å²) in [6, 6.07) is 5.69. The standard InChI is InChI=1S/C24H29F3N4O3/c1-24(2,3)34-23(33)31-14-6-9-17(31)21(25)18(12-14)30(4)20-10-8-16(28-29-20)15-7-5-13(22(26)27)11-19(15)32/h5,7-8,10-11,14,17-18,21-22,32H,6,9,12H2,1-4H3/t14-,17-,18-,21+/m1/s1. The van der Waals surface area contributed by atoms with Crippen LogP contribution in [0.2, 0.25) is 0 Å². The number of hydrogen-bond donors (Lipinski definition) is 1. The number of carbonyl (C=O) groups is 1. The second kappa shape index (κ2) is 8.96. The molecular weight excluding hydrogens is 449 g/mol. The summed E-state index contributed by atoms with van der Waals surface area (Å²) in [5.74, 6) is 0.119. The molecule has 34 heavy (non-hydrogen) atoms. The van der Waals surface area contributed by atoms with E-state index in [-0.39, 0.29) is 22.9 Å². The Balaban J connectivity index is 1.49. The number of phenolic OH excluding ortho intramolecular Hbond substituents is 1. The molecule has 1 amide bonds. The van der Waals surface area contributed by atoms with E-state index in [0.29, 0.717) is 30.8 Å². The van der Waals surface area contributed by atoms with Crippen LogP contribution in [-0.2, 0) is 4.74 Å². The van der Waals surface area contributed by atoms with Crippen LogP contribution in [0, 0.1) is 0 Å². The van der Waals surface area contributed by atoms with Crippen LogP contribution in [0.25, 0.3) is 11.3 Å². The van der Waals surface area contributed by atoms with Crippen molar-refractivity contribution in [2.45, 2.75) is 76.4 Å². The van der Waals surface area contributed by atoms with Gasteiger partial charge in [-0.15, -0.1) is 10.2 Å².